The van der Waals surface area contributed by atoms with E-state index in [-0.39, 0.29) is 24.0 Å². The average molecular weight is 365 g/mol. The summed E-state index contributed by atoms with van der Waals surface area (Å²) in [5, 5.41) is 0. The maximum atomic E-state index is 12.4. The molecule has 1 aromatic heterocycles. The molecule has 0 atom stereocenters. The molecule has 0 radical (unpaired) electrons. The lowest BCUT2D eigenvalue weighted by Crippen LogP contribution is -3.00. The van der Waals surface area contributed by atoms with Crippen LogP contribution in [-0.4, -0.2) is 0 Å². The molecule has 5 heteroatoms. The van der Waals surface area contributed by atoms with Crippen LogP contribution in [0.25, 0.3) is 11.1 Å². The fraction of sp³-hybridized carbons (Fsp3) is 0.154. The standard InChI is InChI=1S/C13H11F3N.HI/c1-17-8-6-11(7-9-17)10-2-4-12(5-3-10)13(14,15)16;/h2-9H,1H3;1H/q+1;/p-1. The molecule has 0 saturated carbocycles. The molecule has 0 saturated heterocycles. The minimum Gasteiger partial charge on any atom is -1.00 e. The van der Waals surface area contributed by atoms with E-state index in [4.69, 9.17) is 0 Å². The van der Waals surface area contributed by atoms with Gasteiger partial charge in [-0.25, -0.2) is 4.57 Å². The molecule has 2 aromatic rings. The van der Waals surface area contributed by atoms with Crippen LogP contribution < -0.4 is 28.5 Å². The van der Waals surface area contributed by atoms with Crippen molar-refractivity contribution in [2.45, 2.75) is 6.18 Å². The average Bonchev–Trinajstić information content (AvgIpc) is 2.29. The quantitative estimate of drug-likeness (QED) is 0.503. The highest BCUT2D eigenvalue weighted by Gasteiger charge is 2.29. The molecular formula is C13H11F3IN. The third-order valence-corrected chi connectivity index (χ3v) is 2.52. The molecular weight excluding hydrogens is 354 g/mol. The Kier molecular flexibility index (Phi) is 4.72. The van der Waals surface area contributed by atoms with Crippen molar-refractivity contribution in [3.05, 3.63) is 54.4 Å². The molecule has 96 valence electrons. The largest absolute Gasteiger partial charge is 1.00 e. The van der Waals surface area contributed by atoms with Crippen LogP contribution in [-0.2, 0) is 13.2 Å². The predicted molar refractivity (Wildman–Crippen MR) is 58.1 cm³/mol. The number of pyridine rings is 1. The number of halogens is 4. The fourth-order valence-electron chi connectivity index (χ4n) is 1.55. The van der Waals surface area contributed by atoms with Crippen molar-refractivity contribution >= 4 is 0 Å². The summed E-state index contributed by atoms with van der Waals surface area (Å²) in [6.07, 6.45) is -0.568. The first-order chi connectivity index (χ1) is 7.97. The molecule has 1 heterocycles. The first-order valence-electron chi connectivity index (χ1n) is 5.10. The second-order valence-corrected chi connectivity index (χ2v) is 3.83. The van der Waals surface area contributed by atoms with Crippen molar-refractivity contribution in [3.8, 4) is 11.1 Å². The van der Waals surface area contributed by atoms with E-state index >= 15 is 0 Å². The van der Waals surface area contributed by atoms with Gasteiger partial charge in [-0.05, 0) is 23.3 Å². The highest BCUT2D eigenvalue weighted by Crippen LogP contribution is 2.30. The minimum absolute atomic E-state index is 0. The molecule has 0 amide bonds. The Morgan fingerprint density at radius 3 is 1.72 bits per heavy atom. The minimum atomic E-state index is -4.28. The zero-order valence-corrected chi connectivity index (χ0v) is 11.7. The van der Waals surface area contributed by atoms with Crippen LogP contribution in [0.2, 0.25) is 0 Å². The van der Waals surface area contributed by atoms with Crippen molar-refractivity contribution in [2.24, 2.45) is 7.05 Å². The smallest absolute Gasteiger partial charge is 0.416 e. The monoisotopic (exact) mass is 365 g/mol. The van der Waals surface area contributed by atoms with Gasteiger partial charge in [-0.3, -0.25) is 0 Å². The van der Waals surface area contributed by atoms with Crippen molar-refractivity contribution in [1.82, 2.24) is 0 Å². The van der Waals surface area contributed by atoms with Crippen molar-refractivity contribution in [2.75, 3.05) is 0 Å². The van der Waals surface area contributed by atoms with E-state index in [2.05, 4.69) is 0 Å². The summed E-state index contributed by atoms with van der Waals surface area (Å²) in [6.45, 7) is 0. The topological polar surface area (TPSA) is 3.88 Å². The van der Waals surface area contributed by atoms with E-state index in [1.54, 1.807) is 0 Å². The molecule has 0 aliphatic rings. The molecule has 2 rings (SSSR count). The number of rotatable bonds is 1. The summed E-state index contributed by atoms with van der Waals surface area (Å²) < 4.78 is 39.0. The number of aromatic nitrogens is 1. The number of nitrogens with zero attached hydrogens (tertiary/aromatic N) is 1. The van der Waals surface area contributed by atoms with E-state index in [9.17, 15) is 13.2 Å². The number of alkyl halides is 3. The van der Waals surface area contributed by atoms with Gasteiger partial charge in [0.2, 0.25) is 0 Å². The molecule has 0 bridgehead atoms. The normalized spacial score (nSPS) is 10.9. The summed E-state index contributed by atoms with van der Waals surface area (Å²) in [6, 6.07) is 8.90. The Balaban J connectivity index is 0.00000162. The molecule has 0 fully saturated rings. The van der Waals surface area contributed by atoms with Gasteiger partial charge in [0.25, 0.3) is 0 Å². The molecule has 0 spiro atoms. The van der Waals surface area contributed by atoms with Gasteiger partial charge in [0.1, 0.15) is 7.05 Å². The van der Waals surface area contributed by atoms with Gasteiger partial charge in [0.15, 0.2) is 12.4 Å². The molecule has 18 heavy (non-hydrogen) atoms. The molecule has 0 aliphatic heterocycles. The van der Waals surface area contributed by atoms with E-state index < -0.39 is 11.7 Å². The number of hydrogen-bond acceptors (Lipinski definition) is 0. The maximum Gasteiger partial charge on any atom is 0.416 e. The van der Waals surface area contributed by atoms with Gasteiger partial charge in [-0.1, -0.05) is 12.1 Å². The van der Waals surface area contributed by atoms with Crippen LogP contribution in [0.5, 0.6) is 0 Å². The fourth-order valence-corrected chi connectivity index (χ4v) is 1.55. The molecule has 0 aliphatic carbocycles. The predicted octanol–water partition coefficient (Wildman–Crippen LogP) is 0.201. The Labute approximate surface area is 120 Å². The van der Waals surface area contributed by atoms with Crippen LogP contribution in [0.1, 0.15) is 5.56 Å². The van der Waals surface area contributed by atoms with Crippen LogP contribution in [0.4, 0.5) is 13.2 Å². The summed E-state index contributed by atoms with van der Waals surface area (Å²) in [4.78, 5) is 0. The molecule has 0 unspecified atom stereocenters. The summed E-state index contributed by atoms with van der Waals surface area (Å²) in [5.41, 5.74) is 1.05. The van der Waals surface area contributed by atoms with Crippen LogP contribution in [0.15, 0.2) is 48.8 Å². The first-order valence-corrected chi connectivity index (χ1v) is 5.10. The van der Waals surface area contributed by atoms with Gasteiger partial charge in [0, 0.05) is 12.1 Å². The lowest BCUT2D eigenvalue weighted by molar-refractivity contribution is -0.671. The Hall–Kier alpha value is -1.11. The van der Waals surface area contributed by atoms with Crippen molar-refractivity contribution in [3.63, 3.8) is 0 Å². The second kappa shape index (κ2) is 5.69. The number of benzene rings is 1. The second-order valence-electron chi connectivity index (χ2n) is 3.83. The van der Waals surface area contributed by atoms with E-state index in [1.807, 2.05) is 36.1 Å². The summed E-state index contributed by atoms with van der Waals surface area (Å²) in [7, 11) is 1.89. The van der Waals surface area contributed by atoms with Crippen LogP contribution >= 0.6 is 0 Å². The summed E-state index contributed by atoms with van der Waals surface area (Å²) >= 11 is 0. The molecule has 1 aromatic carbocycles. The van der Waals surface area contributed by atoms with Crippen LogP contribution in [0, 0.1) is 0 Å². The molecule has 1 nitrogen and oxygen atoms in total. The first kappa shape index (κ1) is 14.9. The lowest BCUT2D eigenvalue weighted by atomic mass is 10.1. The maximum absolute atomic E-state index is 12.4. The molecule has 0 N–H and O–H groups in total. The van der Waals surface area contributed by atoms with E-state index in [1.165, 1.54) is 12.1 Å². The Bertz CT molecular complexity index is 503. The van der Waals surface area contributed by atoms with Gasteiger partial charge < -0.3 is 24.0 Å². The zero-order chi connectivity index (χ0) is 12.5. The third-order valence-electron chi connectivity index (χ3n) is 2.52. The number of aryl methyl sites for hydroxylation is 1. The number of hydrogen-bond donors (Lipinski definition) is 0. The zero-order valence-electron chi connectivity index (χ0n) is 9.58. The Morgan fingerprint density at radius 1 is 0.833 bits per heavy atom. The third kappa shape index (κ3) is 3.44. The van der Waals surface area contributed by atoms with E-state index in [0.29, 0.717) is 0 Å². The summed E-state index contributed by atoms with van der Waals surface area (Å²) in [5.74, 6) is 0. The van der Waals surface area contributed by atoms with Crippen LogP contribution in [0.3, 0.4) is 0 Å². The van der Waals surface area contributed by atoms with Gasteiger partial charge in [0.05, 0.1) is 5.56 Å². The highest BCUT2D eigenvalue weighted by molar-refractivity contribution is 5.62. The lowest BCUT2D eigenvalue weighted by Gasteiger charge is -2.07. The van der Waals surface area contributed by atoms with E-state index in [0.717, 1.165) is 23.3 Å². The van der Waals surface area contributed by atoms with Crippen molar-refractivity contribution in [1.29, 1.82) is 0 Å². The SMILES string of the molecule is C[n+]1ccc(-c2ccc(C(F)(F)F)cc2)cc1.[I-]. The van der Waals surface area contributed by atoms with Gasteiger partial charge in [-0.15, -0.1) is 0 Å². The Morgan fingerprint density at radius 2 is 1.28 bits per heavy atom. The highest BCUT2D eigenvalue weighted by atomic mass is 127. The van der Waals surface area contributed by atoms with Gasteiger partial charge in [-0.2, -0.15) is 13.2 Å². The van der Waals surface area contributed by atoms with Crippen molar-refractivity contribution < 1.29 is 41.7 Å². The van der Waals surface area contributed by atoms with Gasteiger partial charge >= 0.3 is 6.18 Å².